The molecule has 3 heteroatoms. The minimum atomic E-state index is -0.171. The molecular formula is C13H20FNO. The van der Waals surface area contributed by atoms with E-state index in [1.54, 1.807) is 12.1 Å². The van der Waals surface area contributed by atoms with Crippen molar-refractivity contribution in [3.63, 3.8) is 0 Å². The normalized spacial score (nSPS) is 12.7. The molecule has 0 bridgehead atoms. The van der Waals surface area contributed by atoms with Gasteiger partial charge in [0.2, 0.25) is 0 Å². The average Bonchev–Trinajstić information content (AvgIpc) is 2.28. The number of hydrogen-bond donors (Lipinski definition) is 1. The first-order chi connectivity index (χ1) is 7.77. The molecule has 0 heterocycles. The maximum absolute atomic E-state index is 13.1. The molecule has 2 nitrogen and oxygen atoms in total. The van der Waals surface area contributed by atoms with Gasteiger partial charge in [-0.25, -0.2) is 4.39 Å². The van der Waals surface area contributed by atoms with Gasteiger partial charge in [-0.1, -0.05) is 12.1 Å². The number of ether oxygens (including phenoxy) is 1. The van der Waals surface area contributed by atoms with Gasteiger partial charge < -0.3 is 10.1 Å². The smallest absolute Gasteiger partial charge is 0.123 e. The fourth-order valence-electron chi connectivity index (χ4n) is 1.76. The first-order valence-electron chi connectivity index (χ1n) is 5.75. The first kappa shape index (κ1) is 13.1. The van der Waals surface area contributed by atoms with Gasteiger partial charge in [-0.15, -0.1) is 0 Å². The summed E-state index contributed by atoms with van der Waals surface area (Å²) >= 11 is 0. The predicted octanol–water partition coefficient (Wildman–Crippen LogP) is 2.56. The highest BCUT2D eigenvalue weighted by molar-refractivity contribution is 5.21. The van der Waals surface area contributed by atoms with Crippen LogP contribution in [0.1, 0.15) is 24.8 Å². The number of hydrogen-bond acceptors (Lipinski definition) is 2. The Labute approximate surface area is 96.8 Å². The van der Waals surface area contributed by atoms with E-state index < -0.39 is 0 Å². The number of nitrogens with one attached hydrogen (secondary N) is 1. The summed E-state index contributed by atoms with van der Waals surface area (Å²) in [7, 11) is 1.91. The molecule has 16 heavy (non-hydrogen) atoms. The Bertz CT molecular complexity index is 304. The lowest BCUT2D eigenvalue weighted by molar-refractivity contribution is 0.139. The third-order valence-corrected chi connectivity index (χ3v) is 2.59. The summed E-state index contributed by atoms with van der Waals surface area (Å²) in [6.07, 6.45) is 0.915. The van der Waals surface area contributed by atoms with Gasteiger partial charge in [-0.3, -0.25) is 0 Å². The molecule has 90 valence electrons. The van der Waals surface area contributed by atoms with Crippen LogP contribution in [-0.4, -0.2) is 26.8 Å². The van der Waals surface area contributed by atoms with Crippen molar-refractivity contribution >= 4 is 0 Å². The van der Waals surface area contributed by atoms with Crippen LogP contribution in [0.5, 0.6) is 0 Å². The quantitative estimate of drug-likeness (QED) is 0.720. The number of benzene rings is 1. The van der Waals surface area contributed by atoms with Crippen molar-refractivity contribution in [1.82, 2.24) is 5.32 Å². The Kier molecular flexibility index (Phi) is 6.04. The molecular weight excluding hydrogens is 205 g/mol. The Hall–Kier alpha value is -0.930. The largest absolute Gasteiger partial charge is 0.382 e. The predicted molar refractivity (Wildman–Crippen MR) is 64.2 cm³/mol. The Morgan fingerprint density at radius 2 is 2.25 bits per heavy atom. The molecule has 1 unspecified atom stereocenters. The minimum absolute atomic E-state index is 0.171. The SMILES string of the molecule is CCOCCC(CNC)c1cccc(F)c1. The molecule has 0 saturated carbocycles. The summed E-state index contributed by atoms with van der Waals surface area (Å²) in [5.41, 5.74) is 1.04. The molecule has 1 atom stereocenters. The van der Waals surface area contributed by atoms with E-state index in [1.807, 2.05) is 20.0 Å². The molecule has 0 amide bonds. The first-order valence-corrected chi connectivity index (χ1v) is 5.75. The fraction of sp³-hybridized carbons (Fsp3) is 0.538. The average molecular weight is 225 g/mol. The van der Waals surface area contributed by atoms with Gasteiger partial charge in [-0.05, 0) is 44.0 Å². The van der Waals surface area contributed by atoms with Gasteiger partial charge in [0.15, 0.2) is 0 Å². The van der Waals surface area contributed by atoms with Crippen molar-refractivity contribution in [1.29, 1.82) is 0 Å². The van der Waals surface area contributed by atoms with E-state index in [4.69, 9.17) is 4.74 Å². The zero-order valence-electron chi connectivity index (χ0n) is 10.0. The number of rotatable bonds is 7. The lowest BCUT2D eigenvalue weighted by Gasteiger charge is -2.16. The summed E-state index contributed by atoms with van der Waals surface area (Å²) in [4.78, 5) is 0. The monoisotopic (exact) mass is 225 g/mol. The summed E-state index contributed by atoms with van der Waals surface area (Å²) in [5.74, 6) is 0.141. The Morgan fingerprint density at radius 1 is 1.44 bits per heavy atom. The second-order valence-corrected chi connectivity index (χ2v) is 3.80. The van der Waals surface area contributed by atoms with Crippen LogP contribution in [0, 0.1) is 5.82 Å². The van der Waals surface area contributed by atoms with E-state index in [9.17, 15) is 4.39 Å². The number of likely N-dealkylation sites (N-methyl/N-ethyl adjacent to an activating group) is 1. The molecule has 0 spiro atoms. The number of halogens is 1. The van der Waals surface area contributed by atoms with Crippen LogP contribution in [-0.2, 0) is 4.74 Å². The zero-order chi connectivity index (χ0) is 11.8. The highest BCUT2D eigenvalue weighted by atomic mass is 19.1. The maximum Gasteiger partial charge on any atom is 0.123 e. The molecule has 0 radical (unpaired) electrons. The summed E-state index contributed by atoms with van der Waals surface area (Å²) in [6.45, 7) is 4.28. The van der Waals surface area contributed by atoms with Crippen LogP contribution in [0.4, 0.5) is 4.39 Å². The third kappa shape index (κ3) is 4.29. The molecule has 1 aromatic carbocycles. The minimum Gasteiger partial charge on any atom is -0.382 e. The van der Waals surface area contributed by atoms with E-state index in [0.717, 1.165) is 31.7 Å². The molecule has 0 aliphatic carbocycles. The summed E-state index contributed by atoms with van der Waals surface area (Å²) in [6, 6.07) is 6.81. The van der Waals surface area contributed by atoms with E-state index in [1.165, 1.54) is 6.07 Å². The third-order valence-electron chi connectivity index (χ3n) is 2.59. The van der Waals surface area contributed by atoms with Crippen molar-refractivity contribution in [2.45, 2.75) is 19.3 Å². The maximum atomic E-state index is 13.1. The van der Waals surface area contributed by atoms with E-state index in [-0.39, 0.29) is 5.82 Å². The molecule has 1 aromatic rings. The van der Waals surface area contributed by atoms with Crippen LogP contribution >= 0.6 is 0 Å². The molecule has 1 N–H and O–H groups in total. The second-order valence-electron chi connectivity index (χ2n) is 3.80. The van der Waals surface area contributed by atoms with Gasteiger partial charge in [0.25, 0.3) is 0 Å². The van der Waals surface area contributed by atoms with Crippen LogP contribution in [0.15, 0.2) is 24.3 Å². The topological polar surface area (TPSA) is 21.3 Å². The lowest BCUT2D eigenvalue weighted by atomic mass is 9.96. The molecule has 1 rings (SSSR count). The van der Waals surface area contributed by atoms with Gasteiger partial charge in [0.1, 0.15) is 5.82 Å². The van der Waals surface area contributed by atoms with Crippen LogP contribution in [0.3, 0.4) is 0 Å². The van der Waals surface area contributed by atoms with Gasteiger partial charge >= 0.3 is 0 Å². The molecule has 0 fully saturated rings. The fourth-order valence-corrected chi connectivity index (χ4v) is 1.76. The molecule has 0 saturated heterocycles. The Morgan fingerprint density at radius 3 is 2.88 bits per heavy atom. The Balaban J connectivity index is 2.61. The van der Waals surface area contributed by atoms with E-state index in [2.05, 4.69) is 5.32 Å². The van der Waals surface area contributed by atoms with Crippen molar-refractivity contribution in [2.75, 3.05) is 26.8 Å². The van der Waals surface area contributed by atoms with Gasteiger partial charge in [0, 0.05) is 19.8 Å². The van der Waals surface area contributed by atoms with Crippen LogP contribution in [0.2, 0.25) is 0 Å². The van der Waals surface area contributed by atoms with E-state index >= 15 is 0 Å². The summed E-state index contributed by atoms with van der Waals surface area (Å²) in [5, 5.41) is 3.13. The van der Waals surface area contributed by atoms with Crippen molar-refractivity contribution in [3.05, 3.63) is 35.6 Å². The molecule has 0 aromatic heterocycles. The van der Waals surface area contributed by atoms with E-state index in [0.29, 0.717) is 5.92 Å². The summed E-state index contributed by atoms with van der Waals surface area (Å²) < 4.78 is 18.4. The van der Waals surface area contributed by atoms with Crippen molar-refractivity contribution in [3.8, 4) is 0 Å². The van der Waals surface area contributed by atoms with Gasteiger partial charge in [0.05, 0.1) is 0 Å². The second kappa shape index (κ2) is 7.36. The van der Waals surface area contributed by atoms with Crippen LogP contribution in [0.25, 0.3) is 0 Å². The standard InChI is InChI=1S/C13H20FNO/c1-3-16-8-7-12(10-15-2)11-5-4-6-13(14)9-11/h4-6,9,12,15H,3,7-8,10H2,1-2H3. The highest BCUT2D eigenvalue weighted by Crippen LogP contribution is 2.19. The van der Waals surface area contributed by atoms with Crippen LogP contribution < -0.4 is 5.32 Å². The van der Waals surface area contributed by atoms with Gasteiger partial charge in [-0.2, -0.15) is 0 Å². The lowest BCUT2D eigenvalue weighted by Crippen LogP contribution is -2.19. The van der Waals surface area contributed by atoms with Crippen molar-refractivity contribution < 1.29 is 9.13 Å². The molecule has 0 aliphatic heterocycles. The van der Waals surface area contributed by atoms with Crippen molar-refractivity contribution in [2.24, 2.45) is 0 Å². The highest BCUT2D eigenvalue weighted by Gasteiger charge is 2.11. The zero-order valence-corrected chi connectivity index (χ0v) is 10.0. The molecule has 0 aliphatic rings.